The highest BCUT2D eigenvalue weighted by atomic mass is 16.5. The van der Waals surface area contributed by atoms with Gasteiger partial charge >= 0.3 is 5.97 Å². The average Bonchev–Trinajstić information content (AvgIpc) is 2.93. The Bertz CT molecular complexity index is 500. The lowest BCUT2D eigenvalue weighted by Gasteiger charge is -2.20. The molecule has 0 amide bonds. The van der Waals surface area contributed by atoms with Crippen LogP contribution in [0.15, 0.2) is 0 Å². The van der Waals surface area contributed by atoms with Gasteiger partial charge in [0.05, 0.1) is 12.0 Å². The number of hydrogen-bond donors (Lipinski definition) is 0. The summed E-state index contributed by atoms with van der Waals surface area (Å²) < 4.78 is 5.97. The van der Waals surface area contributed by atoms with Crippen molar-refractivity contribution in [2.24, 2.45) is 11.8 Å². The molecule has 0 heterocycles. The molecule has 0 spiro atoms. The normalized spacial score (nSPS) is 13.2. The maximum absolute atomic E-state index is 13.1. The molecule has 0 bridgehead atoms. The highest BCUT2D eigenvalue weighted by molar-refractivity contribution is 5.72. The Balaban J connectivity index is 4.10. The van der Waals surface area contributed by atoms with Gasteiger partial charge in [0.15, 0.2) is 0 Å². The molecular weight excluding hydrogens is 488 g/mol. The molecule has 0 aromatic rings. The highest BCUT2D eigenvalue weighted by Crippen LogP contribution is 2.23. The van der Waals surface area contributed by atoms with E-state index >= 15 is 0 Å². The van der Waals surface area contributed by atoms with Crippen LogP contribution >= 0.6 is 0 Å². The molecule has 0 aliphatic rings. The van der Waals surface area contributed by atoms with Crippen LogP contribution in [-0.2, 0) is 9.53 Å². The van der Waals surface area contributed by atoms with Crippen LogP contribution in [-0.4, -0.2) is 12.1 Å². The van der Waals surface area contributed by atoms with E-state index in [2.05, 4.69) is 34.6 Å². The van der Waals surface area contributed by atoms with Crippen molar-refractivity contribution in [1.82, 2.24) is 0 Å². The number of hydrogen-bond acceptors (Lipinski definition) is 2. The second-order valence-corrected chi connectivity index (χ2v) is 13.6. The molecule has 2 heteroatoms. The third-order valence-electron chi connectivity index (χ3n) is 8.86. The Hall–Kier alpha value is -0.530. The average molecular weight is 565 g/mol. The summed E-state index contributed by atoms with van der Waals surface area (Å²) in [6, 6.07) is 0. The summed E-state index contributed by atoms with van der Waals surface area (Å²) in [6.07, 6.45) is 38.2. The number of rotatable bonds is 32. The van der Waals surface area contributed by atoms with Gasteiger partial charge in [-0.1, -0.05) is 188 Å². The Morgan fingerprint density at radius 1 is 0.425 bits per heavy atom. The van der Waals surface area contributed by atoms with E-state index in [9.17, 15) is 4.79 Å². The summed E-state index contributed by atoms with van der Waals surface area (Å²) in [5.41, 5.74) is 0. The molecule has 0 aromatic carbocycles. The summed E-state index contributed by atoms with van der Waals surface area (Å²) in [5, 5.41) is 0. The minimum Gasteiger partial charge on any atom is -0.462 e. The highest BCUT2D eigenvalue weighted by Gasteiger charge is 2.21. The summed E-state index contributed by atoms with van der Waals surface area (Å²) in [4.78, 5) is 13.1. The van der Waals surface area contributed by atoms with Crippen LogP contribution in [0.1, 0.15) is 221 Å². The first-order valence-corrected chi connectivity index (χ1v) is 18.7. The number of unbranched alkanes of at least 4 members (excludes halogenated alkanes) is 22. The van der Waals surface area contributed by atoms with Crippen molar-refractivity contribution in [3.05, 3.63) is 0 Å². The monoisotopic (exact) mass is 565 g/mol. The van der Waals surface area contributed by atoms with Gasteiger partial charge in [-0.2, -0.15) is 0 Å². The molecule has 0 aliphatic heterocycles. The van der Waals surface area contributed by atoms with Crippen molar-refractivity contribution in [2.75, 3.05) is 0 Å². The van der Waals surface area contributed by atoms with E-state index < -0.39 is 0 Å². The van der Waals surface area contributed by atoms with Gasteiger partial charge in [-0.05, 0) is 38.5 Å². The molecule has 0 N–H and O–H groups in total. The Labute approximate surface area is 254 Å². The number of esters is 1. The fourth-order valence-corrected chi connectivity index (χ4v) is 6.00. The Kier molecular flexibility index (Phi) is 31.0. The summed E-state index contributed by atoms with van der Waals surface area (Å²) >= 11 is 0. The van der Waals surface area contributed by atoms with Crippen LogP contribution in [0.4, 0.5) is 0 Å². The van der Waals surface area contributed by atoms with Gasteiger partial charge in [-0.15, -0.1) is 0 Å². The van der Waals surface area contributed by atoms with Crippen LogP contribution in [0.3, 0.4) is 0 Å². The van der Waals surface area contributed by atoms with E-state index in [1.54, 1.807) is 0 Å². The Morgan fingerprint density at radius 2 is 0.725 bits per heavy atom. The zero-order chi connectivity index (χ0) is 29.5. The largest absolute Gasteiger partial charge is 0.462 e. The van der Waals surface area contributed by atoms with Crippen LogP contribution in [0.25, 0.3) is 0 Å². The fraction of sp³-hybridized carbons (Fsp3) is 0.974. The molecule has 0 rings (SSSR count). The standard InChI is InChI=1S/C38H76O2/c1-6-8-10-12-13-14-19-22-25-29-33-37(38(39)40-36(5)32-28-11-9-7-2)34-30-26-23-20-17-15-16-18-21-24-27-31-35(3)4/h35-37H,6-34H2,1-5H3. The fourth-order valence-electron chi connectivity index (χ4n) is 6.00. The molecule has 0 fully saturated rings. The molecule has 2 unspecified atom stereocenters. The zero-order valence-corrected chi connectivity index (χ0v) is 28.6. The molecule has 0 saturated carbocycles. The van der Waals surface area contributed by atoms with Crippen LogP contribution in [0.2, 0.25) is 0 Å². The molecule has 240 valence electrons. The van der Waals surface area contributed by atoms with Gasteiger partial charge in [0.25, 0.3) is 0 Å². The quantitative estimate of drug-likeness (QED) is 0.0600. The van der Waals surface area contributed by atoms with Crippen molar-refractivity contribution in [3.8, 4) is 0 Å². The minimum absolute atomic E-state index is 0.0785. The first kappa shape index (κ1) is 39.5. The predicted octanol–water partition coefficient (Wildman–Crippen LogP) is 13.5. The van der Waals surface area contributed by atoms with Crippen molar-refractivity contribution in [3.63, 3.8) is 0 Å². The second-order valence-electron chi connectivity index (χ2n) is 13.6. The third-order valence-corrected chi connectivity index (χ3v) is 8.86. The van der Waals surface area contributed by atoms with Crippen molar-refractivity contribution < 1.29 is 9.53 Å². The lowest BCUT2D eigenvalue weighted by molar-refractivity contribution is -0.154. The Morgan fingerprint density at radius 3 is 1.10 bits per heavy atom. The van der Waals surface area contributed by atoms with Gasteiger partial charge < -0.3 is 4.74 Å². The topological polar surface area (TPSA) is 26.3 Å². The van der Waals surface area contributed by atoms with Crippen molar-refractivity contribution in [1.29, 1.82) is 0 Å². The minimum atomic E-state index is 0.0785. The van der Waals surface area contributed by atoms with Crippen molar-refractivity contribution in [2.45, 2.75) is 227 Å². The van der Waals surface area contributed by atoms with Gasteiger partial charge in [0.1, 0.15) is 0 Å². The smallest absolute Gasteiger partial charge is 0.309 e. The summed E-state index contributed by atoms with van der Waals surface area (Å²) in [7, 11) is 0. The molecule has 0 radical (unpaired) electrons. The van der Waals surface area contributed by atoms with E-state index in [0.29, 0.717) is 0 Å². The summed E-state index contributed by atoms with van der Waals surface area (Å²) in [5.74, 6) is 1.10. The van der Waals surface area contributed by atoms with E-state index in [4.69, 9.17) is 4.74 Å². The van der Waals surface area contributed by atoms with Crippen LogP contribution < -0.4 is 0 Å². The van der Waals surface area contributed by atoms with Gasteiger partial charge in [0, 0.05) is 0 Å². The maximum atomic E-state index is 13.1. The molecule has 40 heavy (non-hydrogen) atoms. The lowest BCUT2D eigenvalue weighted by Crippen LogP contribution is -2.23. The summed E-state index contributed by atoms with van der Waals surface area (Å²) in [6.45, 7) is 11.3. The number of carbonyl (C=O) groups is 1. The molecule has 2 nitrogen and oxygen atoms in total. The van der Waals surface area contributed by atoms with E-state index in [0.717, 1.165) is 25.2 Å². The van der Waals surface area contributed by atoms with Crippen molar-refractivity contribution >= 4 is 5.97 Å². The van der Waals surface area contributed by atoms with Gasteiger partial charge in [0.2, 0.25) is 0 Å². The molecule has 0 aromatic heterocycles. The molecule has 0 saturated heterocycles. The molecule has 0 aliphatic carbocycles. The first-order chi connectivity index (χ1) is 19.5. The third kappa shape index (κ3) is 29.0. The SMILES string of the molecule is CCCCCCCCCCCCC(CCCCCCCCCCCCCC(C)C)C(=O)OC(C)CCCCCC. The predicted molar refractivity (Wildman–Crippen MR) is 179 cm³/mol. The molecular formula is C38H76O2. The first-order valence-electron chi connectivity index (χ1n) is 18.7. The van der Waals surface area contributed by atoms with E-state index in [1.807, 2.05) is 0 Å². The van der Waals surface area contributed by atoms with E-state index in [1.165, 1.54) is 167 Å². The number of ether oxygens (including phenoxy) is 1. The number of carbonyl (C=O) groups excluding carboxylic acids is 1. The van der Waals surface area contributed by atoms with Crippen LogP contribution in [0.5, 0.6) is 0 Å². The zero-order valence-electron chi connectivity index (χ0n) is 28.6. The van der Waals surface area contributed by atoms with Gasteiger partial charge in [-0.3, -0.25) is 4.79 Å². The maximum Gasteiger partial charge on any atom is 0.309 e. The molecule has 2 atom stereocenters. The van der Waals surface area contributed by atoms with Crippen LogP contribution in [0, 0.1) is 11.8 Å². The van der Waals surface area contributed by atoms with Gasteiger partial charge in [-0.25, -0.2) is 0 Å². The second kappa shape index (κ2) is 31.4. The lowest BCUT2D eigenvalue weighted by atomic mass is 9.94. The van der Waals surface area contributed by atoms with E-state index in [-0.39, 0.29) is 18.0 Å².